The molecule has 0 saturated carbocycles. The molecule has 1 rings (SSSR count). The van der Waals surface area contributed by atoms with Crippen molar-refractivity contribution < 1.29 is 9.59 Å². The highest BCUT2D eigenvalue weighted by molar-refractivity contribution is 5.95. The van der Waals surface area contributed by atoms with Crippen molar-refractivity contribution in [2.24, 2.45) is 0 Å². The molecule has 0 spiro atoms. The lowest BCUT2D eigenvalue weighted by atomic mass is 10.3. The molecule has 1 aromatic heterocycles. The Morgan fingerprint density at radius 3 is 2.83 bits per heavy atom. The first kappa shape index (κ1) is 14.0. The minimum absolute atomic E-state index is 0.0549. The molecule has 1 aromatic rings. The summed E-state index contributed by atoms with van der Waals surface area (Å²) in [6.07, 6.45) is 1.58. The SMILES string of the molecule is C=CCNC(=O)CNC(=O)c1cc(C)nn1CC. The van der Waals surface area contributed by atoms with E-state index in [0.717, 1.165) is 5.69 Å². The van der Waals surface area contributed by atoms with Gasteiger partial charge in [-0.3, -0.25) is 14.3 Å². The van der Waals surface area contributed by atoms with E-state index >= 15 is 0 Å². The van der Waals surface area contributed by atoms with Crippen molar-refractivity contribution in [2.75, 3.05) is 13.1 Å². The summed E-state index contributed by atoms with van der Waals surface area (Å²) in [5, 5.41) is 9.30. The molecular weight excluding hydrogens is 232 g/mol. The molecule has 6 nitrogen and oxygen atoms in total. The molecule has 2 N–H and O–H groups in total. The number of rotatable bonds is 6. The van der Waals surface area contributed by atoms with Crippen molar-refractivity contribution in [3.05, 3.63) is 30.1 Å². The summed E-state index contributed by atoms with van der Waals surface area (Å²) in [7, 11) is 0. The predicted molar refractivity (Wildman–Crippen MR) is 68.2 cm³/mol. The molecular formula is C12H18N4O2. The summed E-state index contributed by atoms with van der Waals surface area (Å²) in [5.41, 5.74) is 1.24. The third-order valence-corrected chi connectivity index (χ3v) is 2.29. The average molecular weight is 250 g/mol. The molecule has 18 heavy (non-hydrogen) atoms. The van der Waals surface area contributed by atoms with Crippen molar-refractivity contribution in [2.45, 2.75) is 20.4 Å². The van der Waals surface area contributed by atoms with E-state index in [1.807, 2.05) is 13.8 Å². The molecule has 0 aliphatic carbocycles. The fourth-order valence-corrected chi connectivity index (χ4v) is 1.47. The molecule has 0 radical (unpaired) electrons. The van der Waals surface area contributed by atoms with Crippen LogP contribution >= 0.6 is 0 Å². The van der Waals surface area contributed by atoms with Gasteiger partial charge >= 0.3 is 0 Å². The van der Waals surface area contributed by atoms with Crippen LogP contribution in [0.1, 0.15) is 23.1 Å². The lowest BCUT2D eigenvalue weighted by Gasteiger charge is -2.06. The van der Waals surface area contributed by atoms with E-state index in [0.29, 0.717) is 18.8 Å². The summed E-state index contributed by atoms with van der Waals surface area (Å²) in [6, 6.07) is 1.69. The van der Waals surface area contributed by atoms with Crippen molar-refractivity contribution in [1.82, 2.24) is 20.4 Å². The van der Waals surface area contributed by atoms with Gasteiger partial charge in [-0.25, -0.2) is 0 Å². The first-order chi connectivity index (χ1) is 8.58. The Labute approximate surface area is 106 Å². The molecule has 0 aliphatic rings. The number of hydrogen-bond acceptors (Lipinski definition) is 3. The van der Waals surface area contributed by atoms with Gasteiger partial charge in [-0.1, -0.05) is 6.08 Å². The summed E-state index contributed by atoms with van der Waals surface area (Å²) in [5.74, 6) is -0.547. The lowest BCUT2D eigenvalue weighted by Crippen LogP contribution is -2.37. The minimum atomic E-state index is -0.300. The van der Waals surface area contributed by atoms with E-state index in [1.165, 1.54) is 0 Å². The number of nitrogens with one attached hydrogen (secondary N) is 2. The predicted octanol–water partition coefficient (Wildman–Crippen LogP) is 0.243. The Morgan fingerprint density at radius 1 is 1.50 bits per heavy atom. The van der Waals surface area contributed by atoms with Crippen molar-refractivity contribution in [3.8, 4) is 0 Å². The Balaban J connectivity index is 2.54. The lowest BCUT2D eigenvalue weighted by molar-refractivity contribution is -0.119. The maximum absolute atomic E-state index is 11.8. The highest BCUT2D eigenvalue weighted by Crippen LogP contribution is 2.03. The molecule has 0 aliphatic heterocycles. The summed E-state index contributed by atoms with van der Waals surface area (Å²) < 4.78 is 1.60. The Hall–Kier alpha value is -2.11. The molecule has 0 unspecified atom stereocenters. The van der Waals surface area contributed by atoms with Crippen LogP contribution in [0.25, 0.3) is 0 Å². The maximum Gasteiger partial charge on any atom is 0.269 e. The van der Waals surface area contributed by atoms with Gasteiger partial charge in [0.05, 0.1) is 12.2 Å². The van der Waals surface area contributed by atoms with E-state index in [1.54, 1.807) is 16.8 Å². The number of aryl methyl sites for hydroxylation is 2. The van der Waals surface area contributed by atoms with Crippen LogP contribution in [-0.4, -0.2) is 34.7 Å². The van der Waals surface area contributed by atoms with Crippen molar-refractivity contribution >= 4 is 11.8 Å². The van der Waals surface area contributed by atoms with Gasteiger partial charge in [0.15, 0.2) is 0 Å². The summed E-state index contributed by atoms with van der Waals surface area (Å²) >= 11 is 0. The zero-order chi connectivity index (χ0) is 13.5. The second-order valence-electron chi connectivity index (χ2n) is 3.76. The number of nitrogens with zero attached hydrogens (tertiary/aromatic N) is 2. The molecule has 1 heterocycles. The number of aromatic nitrogens is 2. The van der Waals surface area contributed by atoms with Crippen LogP contribution in [0.15, 0.2) is 18.7 Å². The van der Waals surface area contributed by atoms with E-state index < -0.39 is 0 Å². The topological polar surface area (TPSA) is 76.0 Å². The minimum Gasteiger partial charge on any atom is -0.351 e. The number of hydrogen-bond donors (Lipinski definition) is 2. The third-order valence-electron chi connectivity index (χ3n) is 2.29. The fraction of sp³-hybridized carbons (Fsp3) is 0.417. The van der Waals surface area contributed by atoms with Gasteiger partial charge in [-0.15, -0.1) is 6.58 Å². The Kier molecular flexibility index (Phi) is 5.10. The molecule has 0 fully saturated rings. The van der Waals surface area contributed by atoms with Gasteiger partial charge in [0.25, 0.3) is 5.91 Å². The van der Waals surface area contributed by atoms with Crippen LogP contribution < -0.4 is 10.6 Å². The van der Waals surface area contributed by atoms with Crippen LogP contribution in [0.5, 0.6) is 0 Å². The smallest absolute Gasteiger partial charge is 0.269 e. The zero-order valence-corrected chi connectivity index (χ0v) is 10.7. The molecule has 0 atom stereocenters. The second kappa shape index (κ2) is 6.58. The summed E-state index contributed by atoms with van der Waals surface area (Å²) in [4.78, 5) is 23.1. The van der Waals surface area contributed by atoms with Crippen LogP contribution in [0, 0.1) is 6.92 Å². The molecule has 0 saturated heterocycles. The van der Waals surface area contributed by atoms with Crippen molar-refractivity contribution in [3.63, 3.8) is 0 Å². The van der Waals surface area contributed by atoms with Gasteiger partial charge in [-0.05, 0) is 19.9 Å². The summed E-state index contributed by atoms with van der Waals surface area (Å²) in [6.45, 7) is 8.15. The number of carbonyl (C=O) groups excluding carboxylic acids is 2. The number of carbonyl (C=O) groups is 2. The zero-order valence-electron chi connectivity index (χ0n) is 10.7. The highest BCUT2D eigenvalue weighted by atomic mass is 16.2. The molecule has 6 heteroatoms. The molecule has 0 bridgehead atoms. The first-order valence-corrected chi connectivity index (χ1v) is 5.78. The largest absolute Gasteiger partial charge is 0.351 e. The molecule has 98 valence electrons. The first-order valence-electron chi connectivity index (χ1n) is 5.78. The van der Waals surface area contributed by atoms with E-state index in [4.69, 9.17) is 0 Å². The van der Waals surface area contributed by atoms with Gasteiger partial charge in [-0.2, -0.15) is 5.10 Å². The average Bonchev–Trinajstić information content (AvgIpc) is 2.74. The van der Waals surface area contributed by atoms with Gasteiger partial charge in [0, 0.05) is 13.1 Å². The maximum atomic E-state index is 11.8. The van der Waals surface area contributed by atoms with Crippen LogP contribution in [0.2, 0.25) is 0 Å². The molecule has 0 aromatic carbocycles. The number of amides is 2. The van der Waals surface area contributed by atoms with Crippen LogP contribution in [0.4, 0.5) is 0 Å². The monoisotopic (exact) mass is 250 g/mol. The Morgan fingerprint density at radius 2 is 2.22 bits per heavy atom. The normalized spacial score (nSPS) is 9.89. The van der Waals surface area contributed by atoms with E-state index in [-0.39, 0.29) is 18.4 Å². The Bertz CT molecular complexity index is 451. The van der Waals surface area contributed by atoms with Gasteiger partial charge in [0.1, 0.15) is 5.69 Å². The van der Waals surface area contributed by atoms with Gasteiger partial charge < -0.3 is 10.6 Å². The van der Waals surface area contributed by atoms with E-state index in [2.05, 4.69) is 22.3 Å². The highest BCUT2D eigenvalue weighted by Gasteiger charge is 2.13. The fourth-order valence-electron chi connectivity index (χ4n) is 1.47. The molecule has 2 amide bonds. The standard InChI is InChI=1S/C12H18N4O2/c1-4-6-13-11(17)8-14-12(18)10-7-9(3)15-16(10)5-2/h4,7H,1,5-6,8H2,2-3H3,(H,13,17)(H,14,18). The van der Waals surface area contributed by atoms with Crippen LogP contribution in [-0.2, 0) is 11.3 Å². The van der Waals surface area contributed by atoms with E-state index in [9.17, 15) is 9.59 Å². The van der Waals surface area contributed by atoms with Gasteiger partial charge in [0.2, 0.25) is 5.91 Å². The van der Waals surface area contributed by atoms with Crippen molar-refractivity contribution in [1.29, 1.82) is 0 Å². The van der Waals surface area contributed by atoms with Crippen LogP contribution in [0.3, 0.4) is 0 Å². The quantitative estimate of drug-likeness (QED) is 0.710. The second-order valence-corrected chi connectivity index (χ2v) is 3.76. The third kappa shape index (κ3) is 3.73.